The monoisotopic (exact) mass is 312 g/mol. The summed E-state index contributed by atoms with van der Waals surface area (Å²) in [6, 6.07) is 11.8. The van der Waals surface area contributed by atoms with Crippen LogP contribution in [0.15, 0.2) is 36.4 Å². The minimum Gasteiger partial charge on any atom is -0.497 e. The van der Waals surface area contributed by atoms with Crippen LogP contribution in [0.1, 0.15) is 43.7 Å². The van der Waals surface area contributed by atoms with E-state index < -0.39 is 5.60 Å². The first-order chi connectivity index (χ1) is 11.1. The Kier molecular flexibility index (Phi) is 4.31. The van der Waals surface area contributed by atoms with Gasteiger partial charge in [-0.1, -0.05) is 31.9 Å². The van der Waals surface area contributed by atoms with E-state index in [1.54, 1.807) is 14.2 Å². The third-order valence-electron chi connectivity index (χ3n) is 4.78. The van der Waals surface area contributed by atoms with Gasteiger partial charge in [-0.05, 0) is 59.4 Å². The van der Waals surface area contributed by atoms with Gasteiger partial charge in [0.15, 0.2) is 0 Å². The van der Waals surface area contributed by atoms with Crippen molar-refractivity contribution in [2.45, 2.75) is 38.2 Å². The third kappa shape index (κ3) is 2.59. The summed E-state index contributed by atoms with van der Waals surface area (Å²) in [5.74, 6) is 1.60. The van der Waals surface area contributed by atoms with E-state index in [0.717, 1.165) is 59.4 Å². The molecule has 2 aromatic carbocycles. The predicted octanol–water partition coefficient (Wildman–Crippen LogP) is 4.50. The molecule has 0 heterocycles. The van der Waals surface area contributed by atoms with Gasteiger partial charge in [0.25, 0.3) is 0 Å². The summed E-state index contributed by atoms with van der Waals surface area (Å²) < 4.78 is 10.7. The van der Waals surface area contributed by atoms with E-state index in [9.17, 15) is 5.11 Å². The van der Waals surface area contributed by atoms with Crippen LogP contribution in [0.5, 0.6) is 11.5 Å². The summed E-state index contributed by atoms with van der Waals surface area (Å²) in [5, 5.41) is 11.5. The number of rotatable bonds is 6. The number of unbranched alkanes of at least 4 members (excludes halogenated alkanes) is 2. The van der Waals surface area contributed by atoms with Crippen LogP contribution >= 0.6 is 0 Å². The molecule has 3 nitrogen and oxygen atoms in total. The average Bonchev–Trinajstić information content (AvgIpc) is 2.83. The highest BCUT2D eigenvalue weighted by atomic mass is 16.5. The zero-order valence-corrected chi connectivity index (χ0v) is 14.1. The molecular formula is C20H24O3. The van der Waals surface area contributed by atoms with Crippen molar-refractivity contribution < 1.29 is 14.6 Å². The molecule has 122 valence electrons. The van der Waals surface area contributed by atoms with Crippen LogP contribution in [0, 0.1) is 0 Å². The van der Waals surface area contributed by atoms with Crippen molar-refractivity contribution in [1.82, 2.24) is 0 Å². The second-order valence-corrected chi connectivity index (χ2v) is 6.14. The largest absolute Gasteiger partial charge is 0.497 e. The fourth-order valence-electron chi connectivity index (χ4n) is 3.51. The van der Waals surface area contributed by atoms with Gasteiger partial charge in [0, 0.05) is 0 Å². The van der Waals surface area contributed by atoms with Crippen LogP contribution in [-0.2, 0) is 5.60 Å². The molecule has 0 saturated heterocycles. The lowest BCUT2D eigenvalue weighted by Gasteiger charge is -2.26. The van der Waals surface area contributed by atoms with Gasteiger partial charge < -0.3 is 14.6 Å². The Bertz CT molecular complexity index is 653. The highest BCUT2D eigenvalue weighted by molar-refractivity contribution is 5.82. The number of aliphatic hydroxyl groups is 1. The van der Waals surface area contributed by atoms with Crippen LogP contribution in [0.3, 0.4) is 0 Å². The molecule has 23 heavy (non-hydrogen) atoms. The normalized spacial score (nSPS) is 14.3. The Morgan fingerprint density at radius 1 is 0.870 bits per heavy atom. The second kappa shape index (κ2) is 6.25. The SMILES string of the molecule is CCCCCC1(O)c2ccc(OC)cc2-c2cc(OC)ccc21. The van der Waals surface area contributed by atoms with E-state index in [4.69, 9.17) is 9.47 Å². The van der Waals surface area contributed by atoms with Gasteiger partial charge in [-0.3, -0.25) is 0 Å². The van der Waals surface area contributed by atoms with Crippen LogP contribution < -0.4 is 9.47 Å². The summed E-state index contributed by atoms with van der Waals surface area (Å²) in [7, 11) is 3.33. The molecular weight excluding hydrogens is 288 g/mol. The second-order valence-electron chi connectivity index (χ2n) is 6.14. The van der Waals surface area contributed by atoms with E-state index in [2.05, 4.69) is 6.92 Å². The first kappa shape index (κ1) is 15.9. The first-order valence-corrected chi connectivity index (χ1v) is 8.24. The highest BCUT2D eigenvalue weighted by Gasteiger charge is 2.41. The maximum Gasteiger partial charge on any atom is 0.119 e. The molecule has 0 saturated carbocycles. The molecule has 0 aliphatic heterocycles. The summed E-state index contributed by atoms with van der Waals surface area (Å²) in [6.45, 7) is 2.18. The summed E-state index contributed by atoms with van der Waals surface area (Å²) >= 11 is 0. The van der Waals surface area contributed by atoms with Crippen molar-refractivity contribution in [3.05, 3.63) is 47.5 Å². The lowest BCUT2D eigenvalue weighted by atomic mass is 9.86. The Morgan fingerprint density at radius 3 is 1.83 bits per heavy atom. The quantitative estimate of drug-likeness (QED) is 0.798. The van der Waals surface area contributed by atoms with Crippen molar-refractivity contribution in [2.24, 2.45) is 0 Å². The molecule has 0 aromatic heterocycles. The summed E-state index contributed by atoms with van der Waals surface area (Å²) in [4.78, 5) is 0. The Hall–Kier alpha value is -2.00. The topological polar surface area (TPSA) is 38.7 Å². The van der Waals surface area contributed by atoms with Gasteiger partial charge in [-0.15, -0.1) is 0 Å². The summed E-state index contributed by atoms with van der Waals surface area (Å²) in [6.07, 6.45) is 4.00. The fraction of sp³-hybridized carbons (Fsp3) is 0.400. The molecule has 0 spiro atoms. The average molecular weight is 312 g/mol. The van der Waals surface area contributed by atoms with Crippen LogP contribution in [0.2, 0.25) is 0 Å². The first-order valence-electron chi connectivity index (χ1n) is 8.24. The Balaban J connectivity index is 2.13. The van der Waals surface area contributed by atoms with Crippen molar-refractivity contribution in [3.8, 4) is 22.6 Å². The number of methoxy groups -OCH3 is 2. The van der Waals surface area contributed by atoms with E-state index in [-0.39, 0.29) is 0 Å². The molecule has 2 aromatic rings. The number of ether oxygens (including phenoxy) is 2. The van der Waals surface area contributed by atoms with Gasteiger partial charge in [0.1, 0.15) is 17.1 Å². The van der Waals surface area contributed by atoms with Crippen molar-refractivity contribution in [3.63, 3.8) is 0 Å². The zero-order valence-electron chi connectivity index (χ0n) is 14.1. The molecule has 1 aliphatic carbocycles. The standard InChI is InChI=1S/C20H24O3/c1-4-5-6-11-20(21)18-9-7-14(22-2)12-16(18)17-13-15(23-3)8-10-19(17)20/h7-10,12-13,21H,4-6,11H2,1-3H3. The van der Waals surface area contributed by atoms with E-state index in [1.165, 1.54) is 0 Å². The number of hydrogen-bond acceptors (Lipinski definition) is 3. The van der Waals surface area contributed by atoms with E-state index in [0.29, 0.717) is 0 Å². The Morgan fingerprint density at radius 2 is 1.39 bits per heavy atom. The van der Waals surface area contributed by atoms with Crippen molar-refractivity contribution in [1.29, 1.82) is 0 Å². The minimum absolute atomic E-state index is 0.736. The highest BCUT2D eigenvalue weighted by Crippen LogP contribution is 2.51. The lowest BCUT2D eigenvalue weighted by Crippen LogP contribution is -2.24. The molecule has 3 heteroatoms. The fourth-order valence-corrected chi connectivity index (χ4v) is 3.51. The molecule has 0 radical (unpaired) electrons. The van der Waals surface area contributed by atoms with Gasteiger partial charge >= 0.3 is 0 Å². The molecule has 3 rings (SSSR count). The van der Waals surface area contributed by atoms with Crippen LogP contribution in [0.25, 0.3) is 11.1 Å². The Labute approximate surface area is 137 Å². The van der Waals surface area contributed by atoms with Crippen molar-refractivity contribution in [2.75, 3.05) is 14.2 Å². The number of benzene rings is 2. The number of hydrogen-bond donors (Lipinski definition) is 1. The van der Waals surface area contributed by atoms with E-state index in [1.807, 2.05) is 36.4 Å². The van der Waals surface area contributed by atoms with Gasteiger partial charge in [0.2, 0.25) is 0 Å². The summed E-state index contributed by atoms with van der Waals surface area (Å²) in [5.41, 5.74) is 3.10. The maximum atomic E-state index is 11.5. The molecule has 0 fully saturated rings. The molecule has 0 bridgehead atoms. The molecule has 0 atom stereocenters. The minimum atomic E-state index is -0.918. The van der Waals surface area contributed by atoms with Crippen LogP contribution in [0.4, 0.5) is 0 Å². The number of fused-ring (bicyclic) bond motifs is 3. The van der Waals surface area contributed by atoms with Gasteiger partial charge in [-0.2, -0.15) is 0 Å². The van der Waals surface area contributed by atoms with Gasteiger partial charge in [0.05, 0.1) is 14.2 Å². The van der Waals surface area contributed by atoms with Crippen LogP contribution in [-0.4, -0.2) is 19.3 Å². The predicted molar refractivity (Wildman–Crippen MR) is 92.1 cm³/mol. The third-order valence-corrected chi connectivity index (χ3v) is 4.78. The molecule has 1 aliphatic rings. The van der Waals surface area contributed by atoms with Crippen molar-refractivity contribution >= 4 is 0 Å². The van der Waals surface area contributed by atoms with E-state index >= 15 is 0 Å². The lowest BCUT2D eigenvalue weighted by molar-refractivity contribution is 0.0727. The smallest absolute Gasteiger partial charge is 0.119 e. The molecule has 0 unspecified atom stereocenters. The maximum absolute atomic E-state index is 11.5. The van der Waals surface area contributed by atoms with Gasteiger partial charge in [-0.25, -0.2) is 0 Å². The molecule has 0 amide bonds. The molecule has 1 N–H and O–H groups in total. The zero-order chi connectivity index (χ0) is 16.4.